The number of carbonyl (C=O) groups is 2. The molecule has 1 aromatic heterocycles. The van der Waals surface area contributed by atoms with Crippen LogP contribution in [0.3, 0.4) is 0 Å². The molecular weight excluding hydrogens is 572 g/mol. The lowest BCUT2D eigenvalue weighted by Crippen LogP contribution is -2.29. The first-order chi connectivity index (χ1) is 20.4. The van der Waals surface area contributed by atoms with Crippen molar-refractivity contribution >= 4 is 55.7 Å². The largest absolute Gasteiger partial charge is 0.507 e. The van der Waals surface area contributed by atoms with Gasteiger partial charge in [-0.2, -0.15) is 0 Å². The van der Waals surface area contributed by atoms with Crippen molar-refractivity contribution in [2.45, 2.75) is 19.6 Å². The number of ketones is 1. The van der Waals surface area contributed by atoms with E-state index in [9.17, 15) is 14.7 Å². The molecule has 1 N–H and O–H groups in total. The minimum absolute atomic E-state index is 0.0381. The van der Waals surface area contributed by atoms with Crippen LogP contribution >= 0.6 is 22.9 Å². The second-order valence-electron chi connectivity index (χ2n) is 9.58. The van der Waals surface area contributed by atoms with Gasteiger partial charge in [-0.25, -0.2) is 4.98 Å². The van der Waals surface area contributed by atoms with E-state index in [1.165, 1.54) is 16.2 Å². The highest BCUT2D eigenvalue weighted by Gasteiger charge is 2.48. The smallest absolute Gasteiger partial charge is 0.301 e. The average Bonchev–Trinajstić information content (AvgIpc) is 3.54. The topological polar surface area (TPSA) is 89.0 Å². The molecule has 4 aromatic carbocycles. The molecule has 6 rings (SSSR count). The third-order valence-corrected chi connectivity index (χ3v) is 8.10. The van der Waals surface area contributed by atoms with Crippen molar-refractivity contribution in [3.63, 3.8) is 0 Å². The van der Waals surface area contributed by atoms with Crippen molar-refractivity contribution in [1.29, 1.82) is 0 Å². The number of benzene rings is 4. The van der Waals surface area contributed by atoms with Crippen molar-refractivity contribution in [1.82, 2.24) is 4.98 Å². The quantitative estimate of drug-likeness (QED) is 0.113. The number of carbonyl (C=O) groups excluding carboxylic acids is 2. The first-order valence-corrected chi connectivity index (χ1v) is 14.5. The van der Waals surface area contributed by atoms with Gasteiger partial charge in [0.15, 0.2) is 5.13 Å². The Balaban J connectivity index is 1.43. The molecular formula is C33H25ClN2O5S. The van der Waals surface area contributed by atoms with Crippen LogP contribution in [0.5, 0.6) is 11.5 Å². The maximum absolute atomic E-state index is 13.6. The van der Waals surface area contributed by atoms with E-state index in [-0.39, 0.29) is 11.3 Å². The van der Waals surface area contributed by atoms with Crippen LogP contribution in [-0.2, 0) is 16.2 Å². The Morgan fingerprint density at radius 1 is 0.929 bits per heavy atom. The molecule has 2 heterocycles. The lowest BCUT2D eigenvalue weighted by molar-refractivity contribution is -0.132. The molecule has 1 amide bonds. The molecule has 9 heteroatoms. The number of ether oxygens (including phenoxy) is 2. The number of thiazole rings is 1. The van der Waals surface area contributed by atoms with Gasteiger partial charge in [0.25, 0.3) is 5.78 Å². The lowest BCUT2D eigenvalue weighted by atomic mass is 9.95. The van der Waals surface area contributed by atoms with Crippen LogP contribution in [0.2, 0.25) is 5.02 Å². The maximum Gasteiger partial charge on any atom is 0.301 e. The highest BCUT2D eigenvalue weighted by atomic mass is 35.5. The molecule has 7 nitrogen and oxygen atoms in total. The minimum Gasteiger partial charge on any atom is -0.507 e. The van der Waals surface area contributed by atoms with Crippen LogP contribution in [0.25, 0.3) is 16.0 Å². The predicted octanol–water partition coefficient (Wildman–Crippen LogP) is 7.55. The predicted molar refractivity (Wildman–Crippen MR) is 164 cm³/mol. The van der Waals surface area contributed by atoms with Crippen LogP contribution in [0.1, 0.15) is 29.7 Å². The minimum atomic E-state index is -0.931. The van der Waals surface area contributed by atoms with Gasteiger partial charge in [-0.05, 0) is 60.5 Å². The van der Waals surface area contributed by atoms with Crippen LogP contribution < -0.4 is 14.4 Å². The Bertz CT molecular complexity index is 1820. The van der Waals surface area contributed by atoms with Gasteiger partial charge < -0.3 is 14.6 Å². The van der Waals surface area contributed by atoms with E-state index in [1.54, 1.807) is 66.7 Å². The fourth-order valence-corrected chi connectivity index (χ4v) is 6.15. The molecule has 0 radical (unpaired) electrons. The number of nitrogens with zero attached hydrogens (tertiary/aromatic N) is 2. The summed E-state index contributed by atoms with van der Waals surface area (Å²) >= 11 is 7.44. The summed E-state index contributed by atoms with van der Waals surface area (Å²) in [6.07, 6.45) is 0. The molecule has 1 aliphatic heterocycles. The Hall–Kier alpha value is -4.66. The fourth-order valence-electron chi connectivity index (χ4n) is 4.88. The molecule has 1 atom stereocenters. The van der Waals surface area contributed by atoms with Gasteiger partial charge in [-0.1, -0.05) is 77.5 Å². The van der Waals surface area contributed by atoms with E-state index in [4.69, 9.17) is 21.1 Å². The van der Waals surface area contributed by atoms with Crippen molar-refractivity contribution in [3.05, 3.63) is 124 Å². The Morgan fingerprint density at radius 3 is 2.48 bits per heavy atom. The summed E-state index contributed by atoms with van der Waals surface area (Å²) in [6.45, 7) is 2.69. The van der Waals surface area contributed by atoms with Crippen LogP contribution in [0, 0.1) is 0 Å². The van der Waals surface area contributed by atoms with Gasteiger partial charge in [0.1, 0.15) is 23.9 Å². The standard InChI is InChI=1S/C33H25ClN2O5S/c1-2-40-25-10-6-9-22(17-25)30(37)28-29(21-11-14-24(15-12-21)41-19-20-7-4-3-5-8-20)36(32(39)31(28)38)33-35-26-16-13-23(34)18-27(26)42-33/h3-18,29,37H,2,19H2,1H3. The van der Waals surface area contributed by atoms with Gasteiger partial charge in [-0.15, -0.1) is 0 Å². The molecule has 0 spiro atoms. The Labute approximate surface area is 251 Å². The normalized spacial score (nSPS) is 16.2. The SMILES string of the molecule is CCOc1cccc(C(O)=C2C(=O)C(=O)N(c3nc4ccc(Cl)cc4s3)C2c2ccc(OCc3ccccc3)cc2)c1. The number of aliphatic hydroxyl groups excluding tert-OH is 1. The number of amides is 1. The molecule has 1 unspecified atom stereocenters. The first-order valence-electron chi connectivity index (χ1n) is 13.3. The average molecular weight is 597 g/mol. The zero-order valence-corrected chi connectivity index (χ0v) is 24.1. The van der Waals surface area contributed by atoms with E-state index in [1.807, 2.05) is 37.3 Å². The van der Waals surface area contributed by atoms with Gasteiger partial charge in [-0.3, -0.25) is 14.5 Å². The summed E-state index contributed by atoms with van der Waals surface area (Å²) in [5.74, 6) is -0.720. The van der Waals surface area contributed by atoms with Crippen LogP contribution in [0.4, 0.5) is 5.13 Å². The van der Waals surface area contributed by atoms with Gasteiger partial charge in [0.05, 0.1) is 28.4 Å². The highest BCUT2D eigenvalue weighted by Crippen LogP contribution is 2.45. The molecule has 1 saturated heterocycles. The zero-order valence-electron chi connectivity index (χ0n) is 22.5. The van der Waals surface area contributed by atoms with Crippen molar-refractivity contribution in [3.8, 4) is 11.5 Å². The molecule has 1 fully saturated rings. The number of Topliss-reactive ketones (excluding diaryl/α,β-unsaturated/α-hetero) is 1. The summed E-state index contributed by atoms with van der Waals surface area (Å²) in [5, 5.41) is 12.4. The fraction of sp³-hybridized carbons (Fsp3) is 0.121. The third-order valence-electron chi connectivity index (χ3n) is 6.85. The van der Waals surface area contributed by atoms with Crippen LogP contribution in [-0.4, -0.2) is 28.4 Å². The number of aliphatic hydroxyl groups is 1. The second kappa shape index (κ2) is 11.7. The van der Waals surface area contributed by atoms with Gasteiger partial charge in [0, 0.05) is 10.6 Å². The molecule has 0 aliphatic carbocycles. The van der Waals surface area contributed by atoms with E-state index in [0.717, 1.165) is 10.3 Å². The number of hydrogen-bond acceptors (Lipinski definition) is 7. The van der Waals surface area contributed by atoms with Gasteiger partial charge >= 0.3 is 5.91 Å². The number of hydrogen-bond donors (Lipinski definition) is 1. The lowest BCUT2D eigenvalue weighted by Gasteiger charge is -2.23. The first kappa shape index (κ1) is 27.5. The van der Waals surface area contributed by atoms with Crippen LogP contribution in [0.15, 0.2) is 103 Å². The summed E-state index contributed by atoms with van der Waals surface area (Å²) in [6, 6.07) is 28.1. The van der Waals surface area contributed by atoms with E-state index in [0.29, 0.717) is 51.5 Å². The maximum atomic E-state index is 13.6. The molecule has 0 bridgehead atoms. The summed E-state index contributed by atoms with van der Waals surface area (Å²) in [7, 11) is 0. The number of anilines is 1. The third kappa shape index (κ3) is 5.34. The monoisotopic (exact) mass is 596 g/mol. The number of rotatable bonds is 8. The Morgan fingerprint density at radius 2 is 1.71 bits per heavy atom. The van der Waals surface area contributed by atoms with E-state index in [2.05, 4.69) is 4.98 Å². The molecule has 0 saturated carbocycles. The molecule has 210 valence electrons. The Kier molecular flexibility index (Phi) is 7.65. The van der Waals surface area contributed by atoms with Crippen molar-refractivity contribution < 1.29 is 24.2 Å². The number of aromatic nitrogens is 1. The molecule has 1 aliphatic rings. The van der Waals surface area contributed by atoms with Gasteiger partial charge in [0.2, 0.25) is 0 Å². The molecule has 42 heavy (non-hydrogen) atoms. The van der Waals surface area contributed by atoms with Crippen molar-refractivity contribution in [2.24, 2.45) is 0 Å². The highest BCUT2D eigenvalue weighted by molar-refractivity contribution is 7.22. The summed E-state index contributed by atoms with van der Waals surface area (Å²) in [4.78, 5) is 33.2. The zero-order chi connectivity index (χ0) is 29.2. The summed E-state index contributed by atoms with van der Waals surface area (Å²) in [5.41, 5.74) is 2.61. The van der Waals surface area contributed by atoms with E-state index < -0.39 is 17.7 Å². The molecule has 5 aromatic rings. The van der Waals surface area contributed by atoms with Crippen molar-refractivity contribution in [2.75, 3.05) is 11.5 Å². The number of fused-ring (bicyclic) bond motifs is 1. The summed E-state index contributed by atoms with van der Waals surface area (Å²) < 4.78 is 12.3. The second-order valence-corrected chi connectivity index (χ2v) is 11.0. The van der Waals surface area contributed by atoms with E-state index >= 15 is 0 Å². The number of halogens is 1.